The minimum Gasteiger partial charge on any atom is -0.296 e. The highest BCUT2D eigenvalue weighted by Gasteiger charge is 2.48. The molecule has 108 valence electrons. The van der Waals surface area contributed by atoms with E-state index in [2.05, 4.69) is 32.8 Å². The molecular weight excluding hydrogens is 264 g/mol. The zero-order valence-electron chi connectivity index (χ0n) is 11.7. The Kier molecular flexibility index (Phi) is 2.35. The van der Waals surface area contributed by atoms with E-state index < -0.39 is 0 Å². The number of nitrogens with zero attached hydrogens (tertiary/aromatic N) is 2. The molecule has 5 nitrogen and oxygen atoms in total. The lowest BCUT2D eigenvalue weighted by molar-refractivity contribution is -0.0621. The molecule has 1 aromatic heterocycles. The molecule has 1 aliphatic carbocycles. The van der Waals surface area contributed by atoms with Crippen molar-refractivity contribution in [2.45, 2.75) is 24.8 Å². The minimum absolute atomic E-state index is 0.498. The van der Waals surface area contributed by atoms with Gasteiger partial charge in [-0.1, -0.05) is 12.1 Å². The molecule has 4 bridgehead atoms. The molecule has 0 spiro atoms. The number of benzene rings is 1. The van der Waals surface area contributed by atoms with Gasteiger partial charge in [-0.15, -0.1) is 0 Å². The van der Waals surface area contributed by atoms with Crippen molar-refractivity contribution in [3.8, 4) is 0 Å². The zero-order valence-corrected chi connectivity index (χ0v) is 11.7. The standard InChI is InChI=1S/C16H18N4O/c21-8-14-16-11(2-1-3-12(16)17-18-14)15-10-4-9-5-13(15)19-20(6-9)7-10/h1-3,8-10,13,15,19H,4-7H2,(H,17,18). The molecule has 3 saturated heterocycles. The Hall–Kier alpha value is -1.72. The van der Waals surface area contributed by atoms with Crippen molar-refractivity contribution in [2.24, 2.45) is 11.8 Å². The summed E-state index contributed by atoms with van der Waals surface area (Å²) in [7, 11) is 0. The fourth-order valence-corrected chi connectivity index (χ4v) is 4.94. The highest BCUT2D eigenvalue weighted by molar-refractivity contribution is 5.97. The van der Waals surface area contributed by atoms with E-state index in [1.807, 2.05) is 6.07 Å². The Labute approximate surface area is 122 Å². The fourth-order valence-electron chi connectivity index (χ4n) is 4.94. The zero-order chi connectivity index (χ0) is 14.0. The molecule has 1 saturated carbocycles. The Morgan fingerprint density at radius 3 is 3.05 bits per heavy atom. The van der Waals surface area contributed by atoms with Crippen LogP contribution in [0.5, 0.6) is 0 Å². The minimum atomic E-state index is 0.498. The van der Waals surface area contributed by atoms with Crippen LogP contribution in [0.4, 0.5) is 0 Å². The second kappa shape index (κ2) is 4.15. The van der Waals surface area contributed by atoms with E-state index in [-0.39, 0.29) is 0 Å². The highest BCUT2D eigenvalue weighted by atomic mass is 16.1. The number of H-pyrrole nitrogens is 1. The molecule has 0 amide bonds. The molecular formula is C16H18N4O. The van der Waals surface area contributed by atoms with Crippen LogP contribution >= 0.6 is 0 Å². The molecule has 2 aromatic rings. The van der Waals surface area contributed by atoms with E-state index in [1.54, 1.807) is 0 Å². The Morgan fingerprint density at radius 2 is 2.24 bits per heavy atom. The third-order valence-electron chi connectivity index (χ3n) is 5.57. The van der Waals surface area contributed by atoms with Crippen LogP contribution in [0.25, 0.3) is 10.9 Å². The first kappa shape index (κ1) is 11.9. The van der Waals surface area contributed by atoms with Crippen molar-refractivity contribution in [2.75, 3.05) is 13.1 Å². The number of hydrogen-bond acceptors (Lipinski definition) is 4. The number of carbonyl (C=O) groups is 1. The number of hydrazine groups is 1. The summed E-state index contributed by atoms with van der Waals surface area (Å²) in [5, 5.41) is 10.6. The number of fused-ring (bicyclic) bond motifs is 1. The number of carbonyl (C=O) groups excluding carboxylic acids is 1. The van der Waals surface area contributed by atoms with E-state index in [0.29, 0.717) is 23.6 Å². The van der Waals surface area contributed by atoms with Crippen molar-refractivity contribution in [3.63, 3.8) is 0 Å². The lowest BCUT2D eigenvalue weighted by Crippen LogP contribution is -2.66. The number of nitrogens with one attached hydrogen (secondary N) is 2. The van der Waals surface area contributed by atoms with Gasteiger partial charge in [-0.3, -0.25) is 15.3 Å². The monoisotopic (exact) mass is 282 g/mol. The van der Waals surface area contributed by atoms with Crippen molar-refractivity contribution in [1.82, 2.24) is 20.6 Å². The smallest absolute Gasteiger partial charge is 0.170 e. The van der Waals surface area contributed by atoms with Gasteiger partial charge in [0, 0.05) is 30.4 Å². The fraction of sp³-hybridized carbons (Fsp3) is 0.500. The molecule has 5 heteroatoms. The Morgan fingerprint density at radius 1 is 1.29 bits per heavy atom. The maximum atomic E-state index is 11.3. The number of aromatic nitrogens is 2. The van der Waals surface area contributed by atoms with Crippen LogP contribution in [-0.4, -0.2) is 40.6 Å². The predicted octanol–water partition coefficient (Wildman–Crippen LogP) is 1.69. The van der Waals surface area contributed by atoms with Gasteiger partial charge in [-0.05, 0) is 36.3 Å². The van der Waals surface area contributed by atoms with Gasteiger partial charge in [0.2, 0.25) is 0 Å². The first-order chi connectivity index (χ1) is 10.3. The van der Waals surface area contributed by atoms with Gasteiger partial charge in [0.15, 0.2) is 6.29 Å². The van der Waals surface area contributed by atoms with Gasteiger partial charge in [-0.2, -0.15) is 5.10 Å². The van der Waals surface area contributed by atoms with Gasteiger partial charge < -0.3 is 0 Å². The SMILES string of the molecule is O=Cc1n[nH]c2cccc(C3C4CC5CC3NN(C5)C4)c12. The van der Waals surface area contributed by atoms with Crippen molar-refractivity contribution >= 4 is 17.2 Å². The van der Waals surface area contributed by atoms with Crippen LogP contribution in [0.15, 0.2) is 18.2 Å². The molecule has 21 heavy (non-hydrogen) atoms. The molecule has 4 heterocycles. The van der Waals surface area contributed by atoms with Crippen molar-refractivity contribution in [1.29, 1.82) is 0 Å². The lowest BCUT2D eigenvalue weighted by Gasteiger charge is -2.56. The number of aromatic amines is 1. The van der Waals surface area contributed by atoms with Gasteiger partial charge in [0.1, 0.15) is 5.69 Å². The summed E-state index contributed by atoms with van der Waals surface area (Å²) in [5.41, 5.74) is 6.49. The van der Waals surface area contributed by atoms with Crippen LogP contribution < -0.4 is 5.43 Å². The van der Waals surface area contributed by atoms with Crippen LogP contribution in [-0.2, 0) is 0 Å². The predicted molar refractivity (Wildman–Crippen MR) is 78.9 cm³/mol. The number of piperidine rings is 1. The third-order valence-corrected chi connectivity index (χ3v) is 5.57. The van der Waals surface area contributed by atoms with Gasteiger partial charge in [-0.25, -0.2) is 5.01 Å². The van der Waals surface area contributed by atoms with Crippen LogP contribution in [0.1, 0.15) is 34.8 Å². The summed E-state index contributed by atoms with van der Waals surface area (Å²) in [6, 6.07) is 6.78. The molecule has 5 atom stereocenters. The van der Waals surface area contributed by atoms with Crippen molar-refractivity contribution in [3.05, 3.63) is 29.5 Å². The number of rotatable bonds is 2. The number of aldehydes is 1. The summed E-state index contributed by atoms with van der Waals surface area (Å²) < 4.78 is 0. The molecule has 5 unspecified atom stereocenters. The van der Waals surface area contributed by atoms with Gasteiger partial charge in [0.25, 0.3) is 0 Å². The van der Waals surface area contributed by atoms with E-state index in [0.717, 1.165) is 29.7 Å². The Balaban J connectivity index is 1.67. The molecule has 3 aliphatic heterocycles. The van der Waals surface area contributed by atoms with E-state index in [1.165, 1.54) is 24.9 Å². The van der Waals surface area contributed by atoms with Crippen LogP contribution in [0.2, 0.25) is 0 Å². The topological polar surface area (TPSA) is 61.0 Å². The summed E-state index contributed by atoms with van der Waals surface area (Å²) >= 11 is 0. The average Bonchev–Trinajstić information content (AvgIpc) is 2.90. The van der Waals surface area contributed by atoms with Crippen LogP contribution in [0, 0.1) is 11.8 Å². The average molecular weight is 282 g/mol. The normalized spacial score (nSPS) is 37.2. The second-order valence-corrected chi connectivity index (χ2v) is 6.76. The summed E-state index contributed by atoms with van der Waals surface area (Å²) in [6.45, 7) is 2.33. The Bertz CT molecular complexity index is 694. The summed E-state index contributed by atoms with van der Waals surface area (Å²) in [6.07, 6.45) is 3.45. The van der Waals surface area contributed by atoms with Gasteiger partial charge >= 0.3 is 0 Å². The summed E-state index contributed by atoms with van der Waals surface area (Å²) in [5.74, 6) is 2.04. The first-order valence-corrected chi connectivity index (χ1v) is 7.77. The third kappa shape index (κ3) is 1.59. The van der Waals surface area contributed by atoms with Gasteiger partial charge in [0.05, 0.1) is 5.52 Å². The van der Waals surface area contributed by atoms with E-state index in [9.17, 15) is 4.79 Å². The maximum Gasteiger partial charge on any atom is 0.170 e. The molecule has 0 radical (unpaired) electrons. The quantitative estimate of drug-likeness (QED) is 0.823. The second-order valence-electron chi connectivity index (χ2n) is 6.76. The van der Waals surface area contributed by atoms with Crippen LogP contribution in [0.3, 0.4) is 0 Å². The maximum absolute atomic E-state index is 11.3. The molecule has 2 N–H and O–H groups in total. The largest absolute Gasteiger partial charge is 0.296 e. The van der Waals surface area contributed by atoms with E-state index >= 15 is 0 Å². The number of hydrogen-bond donors (Lipinski definition) is 2. The highest BCUT2D eigenvalue weighted by Crippen LogP contribution is 2.48. The lowest BCUT2D eigenvalue weighted by atomic mass is 9.64. The molecule has 4 fully saturated rings. The molecule has 6 rings (SSSR count). The summed E-state index contributed by atoms with van der Waals surface area (Å²) in [4.78, 5) is 11.3. The molecule has 1 aromatic carbocycles. The first-order valence-electron chi connectivity index (χ1n) is 7.77. The van der Waals surface area contributed by atoms with Crippen molar-refractivity contribution < 1.29 is 4.79 Å². The van der Waals surface area contributed by atoms with E-state index in [4.69, 9.17) is 0 Å². The molecule has 4 aliphatic rings.